The minimum atomic E-state index is 0.0209. The van der Waals surface area contributed by atoms with E-state index in [1.54, 1.807) is 0 Å². The zero-order chi connectivity index (χ0) is 13.4. The maximum absolute atomic E-state index is 8.98. The van der Waals surface area contributed by atoms with Crippen LogP contribution in [0.25, 0.3) is 0 Å². The number of hydrogen-bond acceptors (Lipinski definition) is 3. The summed E-state index contributed by atoms with van der Waals surface area (Å²) in [6.45, 7) is 7.64. The summed E-state index contributed by atoms with van der Waals surface area (Å²) in [5, 5.41) is 8.98. The first-order chi connectivity index (χ1) is 8.63. The van der Waals surface area contributed by atoms with Gasteiger partial charge < -0.3 is 14.6 Å². The van der Waals surface area contributed by atoms with Crippen molar-refractivity contribution in [3.05, 3.63) is 0 Å². The van der Waals surface area contributed by atoms with Crippen LogP contribution in [-0.2, 0) is 9.47 Å². The fourth-order valence-corrected chi connectivity index (χ4v) is 2.31. The lowest BCUT2D eigenvalue weighted by molar-refractivity contribution is -0.193. The molecule has 0 aromatic heterocycles. The van der Waals surface area contributed by atoms with Crippen molar-refractivity contribution in [2.75, 3.05) is 13.2 Å². The number of rotatable bonds is 8. The fourth-order valence-electron chi connectivity index (χ4n) is 2.31. The lowest BCUT2D eigenvalue weighted by atomic mass is 9.95. The molecule has 1 N–H and O–H groups in total. The zero-order valence-electron chi connectivity index (χ0n) is 12.2. The van der Waals surface area contributed by atoms with Crippen molar-refractivity contribution < 1.29 is 14.6 Å². The van der Waals surface area contributed by atoms with Gasteiger partial charge in [0, 0.05) is 13.2 Å². The van der Waals surface area contributed by atoms with Gasteiger partial charge in [0.25, 0.3) is 0 Å². The van der Waals surface area contributed by atoms with E-state index in [0.717, 1.165) is 25.9 Å². The zero-order valence-corrected chi connectivity index (χ0v) is 12.2. The van der Waals surface area contributed by atoms with Crippen LogP contribution in [0.3, 0.4) is 0 Å². The molecule has 1 heterocycles. The van der Waals surface area contributed by atoms with Crippen LogP contribution >= 0.6 is 0 Å². The topological polar surface area (TPSA) is 38.7 Å². The van der Waals surface area contributed by atoms with Crippen LogP contribution in [0.1, 0.15) is 59.3 Å². The third-order valence-electron chi connectivity index (χ3n) is 3.97. The summed E-state index contributed by atoms with van der Waals surface area (Å²) in [5.74, 6) is 0.983. The Kier molecular flexibility index (Phi) is 7.87. The van der Waals surface area contributed by atoms with Crippen LogP contribution in [0.4, 0.5) is 0 Å². The third-order valence-corrected chi connectivity index (χ3v) is 3.97. The van der Waals surface area contributed by atoms with Gasteiger partial charge in [0.1, 0.15) is 0 Å². The van der Waals surface area contributed by atoms with Gasteiger partial charge in [-0.1, -0.05) is 20.3 Å². The highest BCUT2D eigenvalue weighted by atomic mass is 16.7. The minimum Gasteiger partial charge on any atom is -0.396 e. The molecule has 0 aliphatic carbocycles. The molecular formula is C15H30O3. The van der Waals surface area contributed by atoms with Crippen molar-refractivity contribution in [2.24, 2.45) is 11.8 Å². The van der Waals surface area contributed by atoms with Gasteiger partial charge in [-0.25, -0.2) is 0 Å². The van der Waals surface area contributed by atoms with Gasteiger partial charge in [0.2, 0.25) is 0 Å². The molecule has 0 bridgehead atoms. The average molecular weight is 258 g/mol. The lowest BCUT2D eigenvalue weighted by Gasteiger charge is -2.29. The molecular weight excluding hydrogens is 228 g/mol. The van der Waals surface area contributed by atoms with E-state index in [0.29, 0.717) is 18.4 Å². The van der Waals surface area contributed by atoms with Crippen molar-refractivity contribution in [1.29, 1.82) is 0 Å². The molecule has 1 rings (SSSR count). The van der Waals surface area contributed by atoms with Gasteiger partial charge in [-0.05, 0) is 50.9 Å². The molecule has 0 spiro atoms. The Morgan fingerprint density at radius 2 is 2.00 bits per heavy atom. The fraction of sp³-hybridized carbons (Fsp3) is 1.00. The molecule has 108 valence electrons. The summed E-state index contributed by atoms with van der Waals surface area (Å²) in [7, 11) is 0. The maximum atomic E-state index is 8.98. The Morgan fingerprint density at radius 1 is 1.22 bits per heavy atom. The molecule has 0 amide bonds. The van der Waals surface area contributed by atoms with Crippen LogP contribution < -0.4 is 0 Å². The van der Waals surface area contributed by atoms with Crippen LogP contribution in [0.2, 0.25) is 0 Å². The molecule has 1 aliphatic rings. The van der Waals surface area contributed by atoms with Gasteiger partial charge in [-0.2, -0.15) is 0 Å². The largest absolute Gasteiger partial charge is 0.396 e. The highest BCUT2D eigenvalue weighted by Crippen LogP contribution is 2.22. The van der Waals surface area contributed by atoms with Crippen molar-refractivity contribution in [3.8, 4) is 0 Å². The third kappa shape index (κ3) is 6.17. The highest BCUT2D eigenvalue weighted by molar-refractivity contribution is 4.65. The van der Waals surface area contributed by atoms with E-state index in [1.807, 2.05) is 0 Å². The molecule has 1 saturated heterocycles. The Labute approximate surface area is 112 Å². The Morgan fingerprint density at radius 3 is 2.61 bits per heavy atom. The van der Waals surface area contributed by atoms with Crippen molar-refractivity contribution in [1.82, 2.24) is 0 Å². The molecule has 0 aromatic carbocycles. The predicted molar refractivity (Wildman–Crippen MR) is 73.4 cm³/mol. The van der Waals surface area contributed by atoms with Crippen LogP contribution in [0, 0.1) is 11.8 Å². The van der Waals surface area contributed by atoms with Gasteiger partial charge in [0.15, 0.2) is 6.29 Å². The van der Waals surface area contributed by atoms with Crippen molar-refractivity contribution in [3.63, 3.8) is 0 Å². The predicted octanol–water partition coefficient (Wildman–Crippen LogP) is 3.35. The van der Waals surface area contributed by atoms with E-state index < -0.39 is 0 Å². The maximum Gasteiger partial charge on any atom is 0.157 e. The Bertz CT molecular complexity index is 202. The van der Waals surface area contributed by atoms with Crippen LogP contribution in [0.5, 0.6) is 0 Å². The summed E-state index contributed by atoms with van der Waals surface area (Å²) >= 11 is 0. The highest BCUT2D eigenvalue weighted by Gasteiger charge is 2.20. The molecule has 18 heavy (non-hydrogen) atoms. The first kappa shape index (κ1) is 15.9. The second kappa shape index (κ2) is 8.89. The van der Waals surface area contributed by atoms with E-state index in [4.69, 9.17) is 14.6 Å². The molecule has 0 aromatic rings. The van der Waals surface area contributed by atoms with Crippen molar-refractivity contribution in [2.45, 2.75) is 71.7 Å². The monoisotopic (exact) mass is 258 g/mol. The minimum absolute atomic E-state index is 0.0209. The molecule has 1 fully saturated rings. The van der Waals surface area contributed by atoms with Gasteiger partial charge >= 0.3 is 0 Å². The standard InChI is InChI=1S/C15H30O3/c1-12(11-16)7-6-8-13(2)14(3)18-15-9-4-5-10-17-15/h12-16H,4-11H2,1-3H3/t12-,13+,14?,15?/m1/s1. The Balaban J connectivity index is 2.13. The molecule has 3 heteroatoms. The molecule has 4 atom stereocenters. The van der Waals surface area contributed by atoms with Gasteiger partial charge in [-0.15, -0.1) is 0 Å². The van der Waals surface area contributed by atoms with Crippen molar-refractivity contribution >= 4 is 0 Å². The average Bonchev–Trinajstić information content (AvgIpc) is 2.39. The summed E-state index contributed by atoms with van der Waals surface area (Å²) in [4.78, 5) is 0. The van der Waals surface area contributed by atoms with E-state index in [-0.39, 0.29) is 12.4 Å². The van der Waals surface area contributed by atoms with Crippen LogP contribution in [0.15, 0.2) is 0 Å². The summed E-state index contributed by atoms with van der Waals surface area (Å²) in [6, 6.07) is 0. The second-order valence-corrected chi connectivity index (χ2v) is 5.83. The molecule has 0 radical (unpaired) electrons. The van der Waals surface area contributed by atoms with Gasteiger partial charge in [-0.3, -0.25) is 0 Å². The van der Waals surface area contributed by atoms with E-state index >= 15 is 0 Å². The number of aliphatic hydroxyl groups excluding tert-OH is 1. The first-order valence-corrected chi connectivity index (χ1v) is 7.51. The van der Waals surface area contributed by atoms with Gasteiger partial charge in [0.05, 0.1) is 6.10 Å². The van der Waals surface area contributed by atoms with E-state index in [2.05, 4.69) is 20.8 Å². The molecule has 1 aliphatic heterocycles. The summed E-state index contributed by atoms with van der Waals surface area (Å²) in [6.07, 6.45) is 7.15. The second-order valence-electron chi connectivity index (χ2n) is 5.83. The van der Waals surface area contributed by atoms with Crippen LogP contribution in [-0.4, -0.2) is 30.7 Å². The Hall–Kier alpha value is -0.120. The smallest absolute Gasteiger partial charge is 0.157 e. The lowest BCUT2D eigenvalue weighted by Crippen LogP contribution is -2.29. The normalized spacial score (nSPS) is 25.7. The van der Waals surface area contributed by atoms with E-state index in [9.17, 15) is 0 Å². The molecule has 0 saturated carbocycles. The number of aliphatic hydroxyl groups is 1. The van der Waals surface area contributed by atoms with E-state index in [1.165, 1.54) is 19.3 Å². The quantitative estimate of drug-likeness (QED) is 0.725. The SMILES string of the molecule is CC(OC1CCCCO1)[C@@H](C)CCC[C@@H](C)CO. The molecule has 3 nitrogen and oxygen atoms in total. The summed E-state index contributed by atoms with van der Waals surface area (Å²) < 4.78 is 11.6. The number of hydrogen-bond donors (Lipinski definition) is 1. The summed E-state index contributed by atoms with van der Waals surface area (Å²) in [5.41, 5.74) is 0. The number of ether oxygens (including phenoxy) is 2. The molecule has 2 unspecified atom stereocenters. The first-order valence-electron chi connectivity index (χ1n) is 7.51.